The quantitative estimate of drug-likeness (QED) is 0.300. The first-order valence-electron chi connectivity index (χ1n) is 4.64. The van der Waals surface area contributed by atoms with Gasteiger partial charge in [-0.1, -0.05) is 68.4 Å². The molecule has 0 amide bonds. The topological polar surface area (TPSA) is 32.6 Å². The van der Waals surface area contributed by atoms with Crippen LogP contribution in [0.3, 0.4) is 0 Å². The van der Waals surface area contributed by atoms with Gasteiger partial charge in [0.15, 0.2) is 0 Å². The summed E-state index contributed by atoms with van der Waals surface area (Å²) in [6.45, 7) is 0. The summed E-state index contributed by atoms with van der Waals surface area (Å²) in [6.07, 6.45) is 2.25. The maximum absolute atomic E-state index is 8.57. The second-order valence-corrected chi connectivity index (χ2v) is 6.05. The Morgan fingerprint density at radius 3 is 2.69 bits per heavy atom. The first-order chi connectivity index (χ1) is 7.81. The molecule has 82 valence electrons. The predicted octanol–water partition coefficient (Wildman–Crippen LogP) is 3.94. The lowest BCUT2D eigenvalue weighted by molar-refractivity contribution is 0.322. The van der Waals surface area contributed by atoms with E-state index in [9.17, 15) is 0 Å². The molecule has 2 rings (SSSR count). The average Bonchev–Trinajstić information content (AvgIpc) is 2.64. The first kappa shape index (κ1) is 11.4. The second-order valence-electron chi connectivity index (χ2n) is 3.20. The minimum atomic E-state index is 0.793. The summed E-state index contributed by atoms with van der Waals surface area (Å²) < 4.78 is 0.878. The normalized spacial score (nSPS) is 11.0. The highest BCUT2D eigenvalue weighted by Gasteiger charge is 2.07. The van der Waals surface area contributed by atoms with Crippen molar-refractivity contribution in [1.29, 1.82) is 0 Å². The van der Waals surface area contributed by atoms with E-state index in [-0.39, 0.29) is 0 Å². The van der Waals surface area contributed by atoms with Gasteiger partial charge in [0, 0.05) is 12.0 Å². The predicted molar refractivity (Wildman–Crippen MR) is 71.7 cm³/mol. The monoisotopic (exact) mass is 267 g/mol. The minimum absolute atomic E-state index is 0.793. The third kappa shape index (κ3) is 2.55. The summed E-state index contributed by atoms with van der Waals surface area (Å²) in [4.78, 5) is 0.946. The summed E-state index contributed by atoms with van der Waals surface area (Å²) in [5, 5.41) is 11.6. The number of benzene rings is 1. The standard InChI is InChI=1S/C11H9NOS3/c13-12-7-10-9(11(14)16-15-10)6-8-4-2-1-3-5-8/h1-5,7,13H,6H2/b12-7+. The van der Waals surface area contributed by atoms with Crippen LogP contribution in [0.15, 0.2) is 35.5 Å². The number of hydrogen-bond acceptors (Lipinski definition) is 5. The fourth-order valence-corrected chi connectivity index (χ4v) is 4.05. The van der Waals surface area contributed by atoms with Crippen molar-refractivity contribution in [1.82, 2.24) is 0 Å². The Morgan fingerprint density at radius 2 is 2.00 bits per heavy atom. The zero-order valence-corrected chi connectivity index (χ0v) is 10.7. The molecule has 5 heteroatoms. The Morgan fingerprint density at radius 1 is 1.25 bits per heavy atom. The molecule has 2 nitrogen and oxygen atoms in total. The van der Waals surface area contributed by atoms with Crippen molar-refractivity contribution in [2.45, 2.75) is 6.42 Å². The molecule has 0 aliphatic rings. The lowest BCUT2D eigenvalue weighted by Crippen LogP contribution is -1.90. The van der Waals surface area contributed by atoms with Crippen LogP contribution in [0.5, 0.6) is 0 Å². The van der Waals surface area contributed by atoms with Gasteiger partial charge in [0.1, 0.15) is 3.82 Å². The van der Waals surface area contributed by atoms with Crippen molar-refractivity contribution in [3.63, 3.8) is 0 Å². The number of oxime groups is 1. The van der Waals surface area contributed by atoms with Crippen LogP contribution in [0.2, 0.25) is 0 Å². The molecule has 0 spiro atoms. The SMILES string of the molecule is O/N=C/c1ssc(=S)c1Cc1ccccc1. The maximum atomic E-state index is 8.57. The van der Waals surface area contributed by atoms with E-state index in [0.29, 0.717) is 0 Å². The molecule has 2 aromatic rings. The fourth-order valence-electron chi connectivity index (χ4n) is 1.40. The number of nitrogens with zero attached hydrogens (tertiary/aromatic N) is 1. The Balaban J connectivity index is 2.34. The zero-order chi connectivity index (χ0) is 11.4. The molecular formula is C11H9NOS3. The summed E-state index contributed by atoms with van der Waals surface area (Å²) in [6, 6.07) is 10.1. The van der Waals surface area contributed by atoms with Gasteiger partial charge in [0.05, 0.1) is 11.1 Å². The van der Waals surface area contributed by atoms with Crippen molar-refractivity contribution < 1.29 is 5.21 Å². The molecule has 0 atom stereocenters. The van der Waals surface area contributed by atoms with Crippen LogP contribution >= 0.6 is 32.9 Å². The van der Waals surface area contributed by atoms with Crippen LogP contribution in [-0.2, 0) is 6.42 Å². The molecule has 0 bridgehead atoms. The summed E-state index contributed by atoms with van der Waals surface area (Å²) in [7, 11) is 3.09. The number of rotatable bonds is 3. The molecule has 1 N–H and O–H groups in total. The fraction of sp³-hybridized carbons (Fsp3) is 0.0909. The van der Waals surface area contributed by atoms with E-state index in [4.69, 9.17) is 17.4 Å². The van der Waals surface area contributed by atoms with Crippen LogP contribution in [-0.4, -0.2) is 11.4 Å². The third-order valence-corrected chi connectivity index (χ3v) is 5.26. The summed E-state index contributed by atoms with van der Waals surface area (Å²) >= 11 is 5.27. The Kier molecular flexibility index (Phi) is 3.82. The van der Waals surface area contributed by atoms with Gasteiger partial charge in [-0.05, 0) is 5.56 Å². The molecule has 0 aliphatic carbocycles. The van der Waals surface area contributed by atoms with Gasteiger partial charge in [0.25, 0.3) is 0 Å². The van der Waals surface area contributed by atoms with Gasteiger partial charge < -0.3 is 5.21 Å². The summed E-state index contributed by atoms with van der Waals surface area (Å²) in [5.74, 6) is 0. The molecule has 16 heavy (non-hydrogen) atoms. The maximum Gasteiger partial charge on any atom is 0.106 e. The second kappa shape index (κ2) is 5.34. The van der Waals surface area contributed by atoms with Crippen LogP contribution in [0.4, 0.5) is 0 Å². The van der Waals surface area contributed by atoms with Crippen molar-refractivity contribution in [2.24, 2.45) is 5.16 Å². The van der Waals surface area contributed by atoms with Gasteiger partial charge in [-0.15, -0.1) is 0 Å². The number of hydrogen-bond donors (Lipinski definition) is 1. The largest absolute Gasteiger partial charge is 0.411 e. The van der Waals surface area contributed by atoms with Gasteiger partial charge in [-0.3, -0.25) is 0 Å². The van der Waals surface area contributed by atoms with Crippen LogP contribution in [0.25, 0.3) is 0 Å². The molecule has 1 aromatic carbocycles. The molecular weight excluding hydrogens is 258 g/mol. The first-order valence-corrected chi connectivity index (χ1v) is 7.20. The van der Waals surface area contributed by atoms with Gasteiger partial charge >= 0.3 is 0 Å². The molecule has 0 unspecified atom stereocenters. The van der Waals surface area contributed by atoms with Gasteiger partial charge in [0.2, 0.25) is 0 Å². The van der Waals surface area contributed by atoms with E-state index in [2.05, 4.69) is 17.3 Å². The van der Waals surface area contributed by atoms with Crippen LogP contribution in [0, 0.1) is 3.82 Å². The van der Waals surface area contributed by atoms with E-state index in [1.807, 2.05) is 18.2 Å². The molecule has 0 saturated heterocycles. The minimum Gasteiger partial charge on any atom is -0.411 e. The summed E-state index contributed by atoms with van der Waals surface area (Å²) in [5.41, 5.74) is 2.29. The third-order valence-electron chi connectivity index (χ3n) is 2.15. The van der Waals surface area contributed by atoms with E-state index >= 15 is 0 Å². The Bertz CT molecular complexity index is 542. The van der Waals surface area contributed by atoms with E-state index in [0.717, 1.165) is 20.7 Å². The highest BCUT2D eigenvalue weighted by molar-refractivity contribution is 7.79. The molecule has 0 radical (unpaired) electrons. The van der Waals surface area contributed by atoms with Crippen molar-refractivity contribution in [3.8, 4) is 0 Å². The van der Waals surface area contributed by atoms with Crippen molar-refractivity contribution >= 4 is 39.1 Å². The van der Waals surface area contributed by atoms with Gasteiger partial charge in [-0.2, -0.15) is 0 Å². The smallest absolute Gasteiger partial charge is 0.106 e. The van der Waals surface area contributed by atoms with Crippen LogP contribution in [0.1, 0.15) is 16.0 Å². The molecule has 1 aromatic heterocycles. The van der Waals surface area contributed by atoms with Crippen LogP contribution < -0.4 is 0 Å². The Labute approximate surface area is 106 Å². The molecule has 1 heterocycles. The van der Waals surface area contributed by atoms with Gasteiger partial charge in [-0.25, -0.2) is 0 Å². The van der Waals surface area contributed by atoms with Crippen molar-refractivity contribution in [2.75, 3.05) is 0 Å². The van der Waals surface area contributed by atoms with E-state index in [1.165, 1.54) is 11.8 Å². The molecule has 0 saturated carbocycles. The highest BCUT2D eigenvalue weighted by Crippen LogP contribution is 2.25. The average molecular weight is 267 g/mol. The highest BCUT2D eigenvalue weighted by atomic mass is 32.9. The van der Waals surface area contributed by atoms with E-state index < -0.39 is 0 Å². The lowest BCUT2D eigenvalue weighted by Gasteiger charge is -1.99. The van der Waals surface area contributed by atoms with Crippen molar-refractivity contribution in [3.05, 3.63) is 50.2 Å². The zero-order valence-electron chi connectivity index (χ0n) is 8.29. The molecule has 0 fully saturated rings. The lowest BCUT2D eigenvalue weighted by atomic mass is 10.1. The Hall–Kier alpha value is -1.04. The molecule has 0 aliphatic heterocycles. The van der Waals surface area contributed by atoms with E-state index in [1.54, 1.807) is 20.7 Å².